The van der Waals surface area contributed by atoms with Gasteiger partial charge in [-0.3, -0.25) is 10.1 Å². The Labute approximate surface area is 81.8 Å². The Kier molecular flexibility index (Phi) is 3.84. The van der Waals surface area contributed by atoms with Crippen molar-refractivity contribution in [3.63, 3.8) is 0 Å². The SMILES string of the molecule is CC1CN(COCCO)C(=O)NC1=O. The Morgan fingerprint density at radius 2 is 2.36 bits per heavy atom. The molecule has 80 valence electrons. The molecule has 1 aliphatic rings. The van der Waals surface area contributed by atoms with E-state index in [-0.39, 0.29) is 31.8 Å². The first-order valence-corrected chi connectivity index (χ1v) is 4.43. The average Bonchev–Trinajstić information content (AvgIpc) is 2.14. The predicted molar refractivity (Wildman–Crippen MR) is 47.3 cm³/mol. The highest BCUT2D eigenvalue weighted by molar-refractivity contribution is 5.97. The second-order valence-corrected chi connectivity index (χ2v) is 3.18. The fourth-order valence-corrected chi connectivity index (χ4v) is 1.15. The molecule has 1 rings (SSSR count). The number of amides is 3. The van der Waals surface area contributed by atoms with Crippen LogP contribution in [0.1, 0.15) is 6.92 Å². The molecule has 3 amide bonds. The van der Waals surface area contributed by atoms with Gasteiger partial charge < -0.3 is 14.7 Å². The van der Waals surface area contributed by atoms with Crippen molar-refractivity contribution in [2.24, 2.45) is 5.92 Å². The number of imide groups is 1. The van der Waals surface area contributed by atoms with Crippen molar-refractivity contribution in [1.29, 1.82) is 0 Å². The van der Waals surface area contributed by atoms with Crippen LogP contribution < -0.4 is 5.32 Å². The maximum absolute atomic E-state index is 11.2. The summed E-state index contributed by atoms with van der Waals surface area (Å²) < 4.78 is 4.98. The van der Waals surface area contributed by atoms with Gasteiger partial charge in [-0.2, -0.15) is 0 Å². The van der Waals surface area contributed by atoms with Crippen molar-refractivity contribution in [3.8, 4) is 0 Å². The third-order valence-electron chi connectivity index (χ3n) is 1.94. The summed E-state index contributed by atoms with van der Waals surface area (Å²) >= 11 is 0. The minimum Gasteiger partial charge on any atom is -0.394 e. The van der Waals surface area contributed by atoms with Crippen molar-refractivity contribution in [3.05, 3.63) is 0 Å². The second-order valence-electron chi connectivity index (χ2n) is 3.18. The smallest absolute Gasteiger partial charge is 0.325 e. The number of nitrogens with one attached hydrogen (secondary N) is 1. The van der Waals surface area contributed by atoms with E-state index in [4.69, 9.17) is 9.84 Å². The summed E-state index contributed by atoms with van der Waals surface area (Å²) in [6.07, 6.45) is 0. The maximum atomic E-state index is 11.2. The molecule has 1 aliphatic heterocycles. The summed E-state index contributed by atoms with van der Waals surface area (Å²) in [6, 6.07) is -0.439. The topological polar surface area (TPSA) is 78.9 Å². The molecule has 0 aromatic carbocycles. The van der Waals surface area contributed by atoms with Crippen molar-refractivity contribution in [2.75, 3.05) is 26.5 Å². The number of hydrogen-bond acceptors (Lipinski definition) is 4. The Morgan fingerprint density at radius 1 is 1.64 bits per heavy atom. The van der Waals surface area contributed by atoms with Crippen LogP contribution in [0, 0.1) is 5.92 Å². The fraction of sp³-hybridized carbons (Fsp3) is 0.750. The second kappa shape index (κ2) is 4.92. The van der Waals surface area contributed by atoms with Gasteiger partial charge in [0.2, 0.25) is 5.91 Å². The number of carbonyl (C=O) groups excluding carboxylic acids is 2. The minimum absolute atomic E-state index is 0.0794. The van der Waals surface area contributed by atoms with E-state index >= 15 is 0 Å². The summed E-state index contributed by atoms with van der Waals surface area (Å²) in [5.74, 6) is -0.473. The molecule has 0 aliphatic carbocycles. The van der Waals surface area contributed by atoms with Crippen molar-refractivity contribution in [2.45, 2.75) is 6.92 Å². The van der Waals surface area contributed by atoms with Gasteiger partial charge in [-0.05, 0) is 0 Å². The zero-order valence-corrected chi connectivity index (χ0v) is 8.02. The Hall–Kier alpha value is -1.14. The van der Waals surface area contributed by atoms with Crippen molar-refractivity contribution >= 4 is 11.9 Å². The van der Waals surface area contributed by atoms with Gasteiger partial charge >= 0.3 is 6.03 Å². The highest BCUT2D eigenvalue weighted by Gasteiger charge is 2.28. The molecular weight excluding hydrogens is 188 g/mol. The van der Waals surface area contributed by atoms with Crippen LogP contribution in [-0.4, -0.2) is 48.4 Å². The lowest BCUT2D eigenvalue weighted by Gasteiger charge is -2.29. The lowest BCUT2D eigenvalue weighted by Crippen LogP contribution is -2.54. The molecular formula is C8H14N2O4. The Morgan fingerprint density at radius 3 is 3.00 bits per heavy atom. The van der Waals surface area contributed by atoms with E-state index in [1.807, 2.05) is 0 Å². The molecule has 2 N–H and O–H groups in total. The quantitative estimate of drug-likeness (QED) is 0.581. The van der Waals surface area contributed by atoms with Gasteiger partial charge in [-0.15, -0.1) is 0 Å². The molecule has 1 heterocycles. The number of rotatable bonds is 4. The number of hydrogen-bond donors (Lipinski definition) is 2. The van der Waals surface area contributed by atoms with E-state index in [0.717, 1.165) is 0 Å². The molecule has 0 bridgehead atoms. The van der Waals surface area contributed by atoms with E-state index in [1.54, 1.807) is 6.92 Å². The number of carbonyl (C=O) groups is 2. The molecule has 1 saturated heterocycles. The van der Waals surface area contributed by atoms with Gasteiger partial charge in [-0.1, -0.05) is 6.92 Å². The monoisotopic (exact) mass is 202 g/mol. The first-order valence-electron chi connectivity index (χ1n) is 4.43. The number of aliphatic hydroxyl groups is 1. The molecule has 1 fully saturated rings. The molecule has 0 saturated carbocycles. The molecule has 6 heteroatoms. The lowest BCUT2D eigenvalue weighted by molar-refractivity contribution is -0.126. The summed E-state index contributed by atoms with van der Waals surface area (Å²) in [6.45, 7) is 2.30. The summed E-state index contributed by atoms with van der Waals surface area (Å²) in [7, 11) is 0. The van der Waals surface area contributed by atoms with Crippen LogP contribution in [0.25, 0.3) is 0 Å². The summed E-state index contributed by atoms with van der Waals surface area (Å²) in [5, 5.41) is 10.7. The van der Waals surface area contributed by atoms with Crippen LogP contribution in [-0.2, 0) is 9.53 Å². The van der Waals surface area contributed by atoms with Gasteiger partial charge in [0, 0.05) is 6.54 Å². The Bertz CT molecular complexity index is 231. The van der Waals surface area contributed by atoms with E-state index in [1.165, 1.54) is 4.90 Å². The van der Waals surface area contributed by atoms with Gasteiger partial charge in [0.25, 0.3) is 0 Å². The number of urea groups is 1. The van der Waals surface area contributed by atoms with Crippen molar-refractivity contribution in [1.82, 2.24) is 10.2 Å². The largest absolute Gasteiger partial charge is 0.394 e. The van der Waals surface area contributed by atoms with Crippen LogP contribution in [0.4, 0.5) is 4.79 Å². The molecule has 0 aromatic rings. The molecule has 14 heavy (non-hydrogen) atoms. The molecule has 1 atom stereocenters. The summed E-state index contributed by atoms with van der Waals surface area (Å²) in [4.78, 5) is 23.6. The first-order chi connectivity index (χ1) is 6.65. The van der Waals surface area contributed by atoms with E-state index in [9.17, 15) is 9.59 Å². The van der Waals surface area contributed by atoms with Crippen LogP contribution >= 0.6 is 0 Å². The zero-order chi connectivity index (χ0) is 10.6. The predicted octanol–water partition coefficient (Wildman–Crippen LogP) is -0.859. The fourth-order valence-electron chi connectivity index (χ4n) is 1.15. The van der Waals surface area contributed by atoms with Gasteiger partial charge in [0.15, 0.2) is 0 Å². The number of ether oxygens (including phenoxy) is 1. The summed E-state index contributed by atoms with van der Waals surface area (Å²) in [5.41, 5.74) is 0. The number of nitrogens with zero attached hydrogens (tertiary/aromatic N) is 1. The van der Waals surface area contributed by atoms with Crippen LogP contribution in [0.3, 0.4) is 0 Å². The number of aliphatic hydroxyl groups excluding tert-OH is 1. The molecule has 6 nitrogen and oxygen atoms in total. The highest BCUT2D eigenvalue weighted by atomic mass is 16.5. The van der Waals surface area contributed by atoms with Crippen molar-refractivity contribution < 1.29 is 19.4 Å². The normalized spacial score (nSPS) is 22.4. The van der Waals surface area contributed by atoms with Gasteiger partial charge in [0.1, 0.15) is 6.73 Å². The average molecular weight is 202 g/mol. The third-order valence-corrected chi connectivity index (χ3v) is 1.94. The first kappa shape index (κ1) is 10.9. The molecule has 0 radical (unpaired) electrons. The van der Waals surface area contributed by atoms with E-state index in [0.29, 0.717) is 6.54 Å². The van der Waals surface area contributed by atoms with Gasteiger partial charge in [-0.25, -0.2) is 4.79 Å². The highest BCUT2D eigenvalue weighted by Crippen LogP contribution is 2.06. The van der Waals surface area contributed by atoms with E-state index in [2.05, 4.69) is 5.32 Å². The zero-order valence-electron chi connectivity index (χ0n) is 8.02. The van der Waals surface area contributed by atoms with E-state index < -0.39 is 6.03 Å². The minimum atomic E-state index is -0.439. The standard InChI is InChI=1S/C8H14N2O4/c1-6-4-10(5-14-3-2-11)8(13)9-7(6)12/h6,11H,2-5H2,1H3,(H,9,12,13). The maximum Gasteiger partial charge on any atom is 0.325 e. The van der Waals surface area contributed by atoms with Crippen LogP contribution in [0.15, 0.2) is 0 Å². The van der Waals surface area contributed by atoms with Crippen LogP contribution in [0.5, 0.6) is 0 Å². The Balaban J connectivity index is 2.37. The molecule has 1 unspecified atom stereocenters. The molecule has 0 aromatic heterocycles. The van der Waals surface area contributed by atoms with Gasteiger partial charge in [0.05, 0.1) is 19.1 Å². The van der Waals surface area contributed by atoms with Crippen LogP contribution in [0.2, 0.25) is 0 Å². The lowest BCUT2D eigenvalue weighted by atomic mass is 10.1. The third kappa shape index (κ3) is 2.68. The molecule has 0 spiro atoms.